The third-order valence-corrected chi connectivity index (χ3v) is 0.581. The van der Waals surface area contributed by atoms with E-state index in [9.17, 15) is 13.3 Å². The van der Waals surface area contributed by atoms with Gasteiger partial charge in [-0.25, -0.2) is 4.79 Å². The summed E-state index contributed by atoms with van der Waals surface area (Å²) < 4.78 is 33.1. The van der Waals surface area contributed by atoms with Crippen molar-refractivity contribution in [2.45, 2.75) is 6.05 Å². The van der Waals surface area contributed by atoms with Crippen molar-refractivity contribution in [2.75, 3.05) is 6.54 Å². The van der Waals surface area contributed by atoms with Crippen molar-refractivity contribution in [1.29, 1.82) is 0 Å². The Balaban J connectivity index is 0.000000187. The average molecular weight is 139 g/mol. The first-order valence-electron chi connectivity index (χ1n) is 2.00. The summed E-state index contributed by atoms with van der Waals surface area (Å²) in [6.45, 7) is 1.95. The third-order valence-electron chi connectivity index (χ3n) is 0.581. The molecule has 1 unspecified atom stereocenters. The standard InChI is InChI=1S/C2H2F3N.C2H2O/c3-2(4)1-6(2)5;1-2-3/h1H2;1H2. The minimum absolute atomic E-state index is 0.521. The van der Waals surface area contributed by atoms with E-state index in [1.165, 1.54) is 5.94 Å². The highest BCUT2D eigenvalue weighted by Crippen LogP contribution is 2.34. The van der Waals surface area contributed by atoms with Crippen LogP contribution in [-0.2, 0) is 4.79 Å². The Labute approximate surface area is 49.5 Å². The van der Waals surface area contributed by atoms with Gasteiger partial charge in [0, 0.05) is 0 Å². The van der Waals surface area contributed by atoms with Crippen LogP contribution in [0.2, 0.25) is 0 Å². The lowest BCUT2D eigenvalue weighted by molar-refractivity contribution is -0.0306. The largest absolute Gasteiger partial charge is 0.345 e. The summed E-state index contributed by atoms with van der Waals surface area (Å²) in [4.78, 5) is 8.57. The molecule has 1 atom stereocenters. The fourth-order valence-electron chi connectivity index (χ4n) is 0.132. The highest BCUT2D eigenvalue weighted by Gasteiger charge is 2.56. The van der Waals surface area contributed by atoms with Gasteiger partial charge in [0.15, 0.2) is 0 Å². The SMILES string of the molecule is C=C=O.FN1CC1(F)F. The number of halogens is 3. The number of carbonyl (C=O) groups excluding carboxylic acids is 1. The summed E-state index contributed by atoms with van der Waals surface area (Å²) in [7, 11) is 0. The molecular formula is C4H4F3NO. The Kier molecular flexibility index (Phi) is 2.42. The number of rotatable bonds is 0. The fourth-order valence-corrected chi connectivity index (χ4v) is 0.132. The maximum atomic E-state index is 11.1. The molecule has 0 radical (unpaired) electrons. The van der Waals surface area contributed by atoms with E-state index in [0.717, 1.165) is 0 Å². The third kappa shape index (κ3) is 2.90. The van der Waals surface area contributed by atoms with Gasteiger partial charge in [-0.15, -0.1) is 4.48 Å². The van der Waals surface area contributed by atoms with Gasteiger partial charge in [-0.2, -0.15) is 8.78 Å². The van der Waals surface area contributed by atoms with Crippen LogP contribution < -0.4 is 0 Å². The second kappa shape index (κ2) is 2.66. The highest BCUT2D eigenvalue weighted by molar-refractivity contribution is 5.38. The molecule has 0 bridgehead atoms. The van der Waals surface area contributed by atoms with Crippen molar-refractivity contribution in [1.82, 2.24) is 5.12 Å². The molecule has 0 aromatic carbocycles. The second-order valence-corrected chi connectivity index (χ2v) is 1.33. The van der Waals surface area contributed by atoms with E-state index >= 15 is 0 Å². The number of alkyl halides is 2. The van der Waals surface area contributed by atoms with Gasteiger partial charge in [-0.3, -0.25) is 0 Å². The molecule has 0 amide bonds. The zero-order valence-electron chi connectivity index (χ0n) is 4.40. The van der Waals surface area contributed by atoms with E-state index in [4.69, 9.17) is 4.79 Å². The molecular weight excluding hydrogens is 135 g/mol. The van der Waals surface area contributed by atoms with Crippen molar-refractivity contribution in [2.24, 2.45) is 0 Å². The summed E-state index contributed by atoms with van der Waals surface area (Å²) in [5.74, 6) is 1.25. The summed E-state index contributed by atoms with van der Waals surface area (Å²) >= 11 is 0. The Morgan fingerprint density at radius 1 is 1.67 bits per heavy atom. The normalized spacial score (nSPS) is 27.2. The molecule has 5 heteroatoms. The number of nitrogens with zero attached hydrogens (tertiary/aromatic N) is 1. The molecule has 0 saturated carbocycles. The molecule has 1 heterocycles. The monoisotopic (exact) mass is 139 g/mol. The highest BCUT2D eigenvalue weighted by atomic mass is 19.3. The van der Waals surface area contributed by atoms with E-state index in [0.29, 0.717) is 0 Å². The lowest BCUT2D eigenvalue weighted by atomic mass is 10.9. The molecule has 9 heavy (non-hydrogen) atoms. The van der Waals surface area contributed by atoms with Crippen molar-refractivity contribution < 1.29 is 18.1 Å². The Morgan fingerprint density at radius 3 is 1.78 bits per heavy atom. The molecule has 52 valence electrons. The van der Waals surface area contributed by atoms with E-state index in [1.807, 2.05) is 0 Å². The van der Waals surface area contributed by atoms with Crippen LogP contribution in [0.3, 0.4) is 0 Å². The molecule has 1 fully saturated rings. The zero-order valence-corrected chi connectivity index (χ0v) is 4.40. The van der Waals surface area contributed by atoms with E-state index in [2.05, 4.69) is 6.58 Å². The summed E-state index contributed by atoms with van der Waals surface area (Å²) in [6, 6.07) is -3.12. The van der Waals surface area contributed by atoms with Gasteiger partial charge < -0.3 is 0 Å². The van der Waals surface area contributed by atoms with Crippen LogP contribution in [-0.4, -0.2) is 23.7 Å². The summed E-state index contributed by atoms with van der Waals surface area (Å²) in [5, 5.41) is -0.521. The molecule has 1 rings (SSSR count). The van der Waals surface area contributed by atoms with Crippen LogP contribution in [0.5, 0.6) is 0 Å². The predicted octanol–water partition coefficient (Wildman–Crippen LogP) is 0.783. The Hall–Kier alpha value is -0.800. The molecule has 0 aliphatic carbocycles. The van der Waals surface area contributed by atoms with Gasteiger partial charge in [0.2, 0.25) is 0 Å². The second-order valence-electron chi connectivity index (χ2n) is 1.33. The maximum Gasteiger partial charge on any atom is 0.345 e. The van der Waals surface area contributed by atoms with Gasteiger partial charge in [-0.1, -0.05) is 5.12 Å². The van der Waals surface area contributed by atoms with E-state index in [1.54, 1.807) is 0 Å². The molecule has 1 saturated heterocycles. The van der Waals surface area contributed by atoms with Crippen LogP contribution in [0, 0.1) is 0 Å². The molecule has 0 aromatic rings. The first-order chi connectivity index (χ1) is 4.04. The smallest absolute Gasteiger partial charge is 0.234 e. The van der Waals surface area contributed by atoms with Gasteiger partial charge >= 0.3 is 6.05 Å². The lowest BCUT2D eigenvalue weighted by Crippen LogP contribution is -1.93. The van der Waals surface area contributed by atoms with E-state index in [-0.39, 0.29) is 0 Å². The van der Waals surface area contributed by atoms with Crippen molar-refractivity contribution in [3.05, 3.63) is 6.58 Å². The van der Waals surface area contributed by atoms with Gasteiger partial charge in [0.05, 0.1) is 0 Å². The van der Waals surface area contributed by atoms with Gasteiger partial charge in [-0.05, 0) is 6.58 Å². The zero-order chi connectivity index (χ0) is 7.49. The minimum Gasteiger partial charge on any atom is -0.234 e. The van der Waals surface area contributed by atoms with Crippen molar-refractivity contribution in [3.8, 4) is 0 Å². The quantitative estimate of drug-likeness (QED) is 0.214. The van der Waals surface area contributed by atoms with Crippen LogP contribution in [0.15, 0.2) is 6.58 Å². The summed E-state index contributed by atoms with van der Waals surface area (Å²) in [6.07, 6.45) is 0. The van der Waals surface area contributed by atoms with Gasteiger partial charge in [0.25, 0.3) is 0 Å². The molecule has 0 N–H and O–H groups in total. The Bertz CT molecular complexity index is 130. The van der Waals surface area contributed by atoms with Crippen molar-refractivity contribution >= 4 is 5.94 Å². The van der Waals surface area contributed by atoms with E-state index < -0.39 is 17.7 Å². The molecule has 0 aromatic heterocycles. The average Bonchev–Trinajstić information content (AvgIpc) is 2.14. The van der Waals surface area contributed by atoms with Gasteiger partial charge in [0.1, 0.15) is 12.5 Å². The summed E-state index contributed by atoms with van der Waals surface area (Å²) in [5.41, 5.74) is 0. The van der Waals surface area contributed by atoms with Crippen molar-refractivity contribution in [3.63, 3.8) is 0 Å². The molecule has 1 aliphatic heterocycles. The van der Waals surface area contributed by atoms with Crippen LogP contribution >= 0.6 is 0 Å². The number of hydrogen-bond donors (Lipinski definition) is 0. The molecule has 2 nitrogen and oxygen atoms in total. The molecule has 1 aliphatic rings. The van der Waals surface area contributed by atoms with Crippen LogP contribution in [0.4, 0.5) is 13.3 Å². The predicted molar refractivity (Wildman–Crippen MR) is 24.1 cm³/mol. The molecule has 0 spiro atoms. The lowest BCUT2D eigenvalue weighted by Gasteiger charge is -1.80. The fraction of sp³-hybridized carbons (Fsp3) is 0.500. The first kappa shape index (κ1) is 8.20. The maximum absolute atomic E-state index is 11.1. The topological polar surface area (TPSA) is 20.1 Å². The van der Waals surface area contributed by atoms with Crippen LogP contribution in [0.25, 0.3) is 0 Å². The first-order valence-corrected chi connectivity index (χ1v) is 2.00. The minimum atomic E-state index is -3.12. The number of hydrogen-bond acceptors (Lipinski definition) is 2. The van der Waals surface area contributed by atoms with Crippen LogP contribution in [0.1, 0.15) is 0 Å². The Morgan fingerprint density at radius 2 is 1.78 bits per heavy atom.